The summed E-state index contributed by atoms with van der Waals surface area (Å²) in [5.41, 5.74) is 1.12. The van der Waals surface area contributed by atoms with Crippen LogP contribution in [-0.2, 0) is 6.54 Å². The van der Waals surface area contributed by atoms with Gasteiger partial charge in [0.15, 0.2) is 0 Å². The molecule has 1 heterocycles. The van der Waals surface area contributed by atoms with E-state index < -0.39 is 0 Å². The lowest BCUT2D eigenvalue weighted by molar-refractivity contribution is -1.03. The molecule has 1 aromatic rings. The number of piperazine rings is 1. The van der Waals surface area contributed by atoms with E-state index in [1.807, 2.05) is 12.1 Å². The Balaban J connectivity index is 1.83. The molecule has 2 rings (SSSR count). The fourth-order valence-electron chi connectivity index (χ4n) is 2.82. The summed E-state index contributed by atoms with van der Waals surface area (Å²) in [6.07, 6.45) is 1.26. The van der Waals surface area contributed by atoms with Crippen molar-refractivity contribution >= 4 is 0 Å². The summed E-state index contributed by atoms with van der Waals surface area (Å²) >= 11 is 0. The molecule has 0 aromatic heterocycles. The van der Waals surface area contributed by atoms with Gasteiger partial charge in [0.25, 0.3) is 0 Å². The maximum Gasteiger partial charge on any atom is 0.127 e. The first-order valence-corrected chi connectivity index (χ1v) is 7.11. The van der Waals surface area contributed by atoms with Crippen molar-refractivity contribution in [3.8, 4) is 0 Å². The highest BCUT2D eigenvalue weighted by atomic mass is 19.1. The summed E-state index contributed by atoms with van der Waals surface area (Å²) in [4.78, 5) is 3.33. The van der Waals surface area contributed by atoms with E-state index in [1.165, 1.54) is 38.7 Å². The minimum atomic E-state index is -0.115. The molecule has 0 aliphatic carbocycles. The summed E-state index contributed by atoms with van der Waals surface area (Å²) in [6, 6.07) is 7.81. The van der Waals surface area contributed by atoms with Gasteiger partial charge in [-0.3, -0.25) is 0 Å². The Hall–Kier alpha value is -0.930. The van der Waals surface area contributed by atoms with Gasteiger partial charge in [-0.1, -0.05) is 19.1 Å². The molecule has 18 heavy (non-hydrogen) atoms. The Labute approximate surface area is 109 Å². The van der Waals surface area contributed by atoms with Gasteiger partial charge in [-0.05, 0) is 25.5 Å². The van der Waals surface area contributed by atoms with Gasteiger partial charge in [-0.25, -0.2) is 4.39 Å². The standard InChI is InChI=1S/C15H23FN2/c1-3-13(2)18-9-7-17(8-10-18)12-14-5-4-6-15(16)11-14/h4-6,11,13H,3,7-10,12H2,1-2H3/p+2. The second-order valence-corrected chi connectivity index (χ2v) is 5.52. The van der Waals surface area contributed by atoms with Gasteiger partial charge in [-0.2, -0.15) is 0 Å². The van der Waals surface area contributed by atoms with Crippen molar-refractivity contribution in [1.29, 1.82) is 0 Å². The van der Waals surface area contributed by atoms with Crippen molar-refractivity contribution in [3.05, 3.63) is 35.6 Å². The maximum absolute atomic E-state index is 13.1. The van der Waals surface area contributed by atoms with Crippen molar-refractivity contribution in [3.63, 3.8) is 0 Å². The Kier molecular flexibility index (Phi) is 4.72. The van der Waals surface area contributed by atoms with Gasteiger partial charge in [0.1, 0.15) is 38.5 Å². The Morgan fingerprint density at radius 2 is 1.94 bits per heavy atom. The molecule has 1 aliphatic heterocycles. The molecule has 1 saturated heterocycles. The van der Waals surface area contributed by atoms with Crippen molar-refractivity contribution in [2.24, 2.45) is 0 Å². The smallest absolute Gasteiger partial charge is 0.127 e. The highest BCUT2D eigenvalue weighted by Crippen LogP contribution is 2.01. The van der Waals surface area contributed by atoms with Crippen LogP contribution in [0.15, 0.2) is 24.3 Å². The van der Waals surface area contributed by atoms with Gasteiger partial charge in [0.05, 0.1) is 6.04 Å². The Bertz CT molecular complexity index is 373. The zero-order valence-electron chi connectivity index (χ0n) is 11.5. The SMILES string of the molecule is CCC(C)[NH+]1CC[NH+](Cc2cccc(F)c2)CC1. The van der Waals surface area contributed by atoms with E-state index in [0.717, 1.165) is 18.2 Å². The normalized spacial score (nSPS) is 25.9. The molecule has 1 atom stereocenters. The molecule has 0 bridgehead atoms. The predicted molar refractivity (Wildman–Crippen MR) is 71.3 cm³/mol. The molecule has 1 unspecified atom stereocenters. The lowest BCUT2D eigenvalue weighted by atomic mass is 10.1. The number of hydrogen-bond acceptors (Lipinski definition) is 0. The number of rotatable bonds is 4. The maximum atomic E-state index is 13.1. The quantitative estimate of drug-likeness (QED) is 0.741. The number of nitrogens with one attached hydrogen (secondary N) is 2. The van der Waals surface area contributed by atoms with Crippen LogP contribution in [0.4, 0.5) is 4.39 Å². The summed E-state index contributed by atoms with van der Waals surface area (Å²) in [7, 11) is 0. The second kappa shape index (κ2) is 6.30. The van der Waals surface area contributed by atoms with Crippen molar-refractivity contribution in [1.82, 2.24) is 0 Å². The first-order valence-electron chi connectivity index (χ1n) is 7.11. The molecule has 2 N–H and O–H groups in total. The molecule has 0 saturated carbocycles. The van der Waals surface area contributed by atoms with Crippen LogP contribution in [-0.4, -0.2) is 32.2 Å². The Morgan fingerprint density at radius 3 is 2.56 bits per heavy atom. The molecular formula is C15H25FN2+2. The van der Waals surface area contributed by atoms with E-state index in [2.05, 4.69) is 13.8 Å². The molecule has 1 fully saturated rings. The van der Waals surface area contributed by atoms with Crippen molar-refractivity contribution < 1.29 is 14.2 Å². The number of quaternary nitrogens is 2. The van der Waals surface area contributed by atoms with Crippen LogP contribution >= 0.6 is 0 Å². The van der Waals surface area contributed by atoms with Crippen LogP contribution in [0.3, 0.4) is 0 Å². The van der Waals surface area contributed by atoms with E-state index in [9.17, 15) is 4.39 Å². The molecule has 100 valence electrons. The summed E-state index contributed by atoms with van der Waals surface area (Å²) < 4.78 is 13.1. The Morgan fingerprint density at radius 1 is 1.22 bits per heavy atom. The number of hydrogen-bond donors (Lipinski definition) is 2. The van der Waals surface area contributed by atoms with Gasteiger partial charge < -0.3 is 9.80 Å². The van der Waals surface area contributed by atoms with E-state index >= 15 is 0 Å². The number of benzene rings is 1. The van der Waals surface area contributed by atoms with Crippen LogP contribution in [0.1, 0.15) is 25.8 Å². The molecule has 2 nitrogen and oxygen atoms in total. The average molecular weight is 252 g/mol. The van der Waals surface area contributed by atoms with Gasteiger partial charge in [0, 0.05) is 5.56 Å². The van der Waals surface area contributed by atoms with Crippen LogP contribution in [0.2, 0.25) is 0 Å². The van der Waals surface area contributed by atoms with Gasteiger partial charge in [0.2, 0.25) is 0 Å². The first kappa shape index (κ1) is 13.5. The van der Waals surface area contributed by atoms with Crippen molar-refractivity contribution in [2.75, 3.05) is 26.2 Å². The fraction of sp³-hybridized carbons (Fsp3) is 0.600. The third kappa shape index (κ3) is 3.53. The highest BCUT2D eigenvalue weighted by molar-refractivity contribution is 5.14. The average Bonchev–Trinajstić information content (AvgIpc) is 2.39. The monoisotopic (exact) mass is 252 g/mol. The van der Waals surface area contributed by atoms with Crippen LogP contribution in [0.5, 0.6) is 0 Å². The van der Waals surface area contributed by atoms with Crippen LogP contribution in [0, 0.1) is 5.82 Å². The minimum Gasteiger partial charge on any atom is -0.323 e. The van der Waals surface area contributed by atoms with E-state index in [0.29, 0.717) is 0 Å². The summed E-state index contributed by atoms with van der Waals surface area (Å²) in [6.45, 7) is 10.5. The van der Waals surface area contributed by atoms with Crippen LogP contribution < -0.4 is 9.80 Å². The largest absolute Gasteiger partial charge is 0.323 e. The van der Waals surface area contributed by atoms with E-state index in [4.69, 9.17) is 0 Å². The third-order valence-electron chi connectivity index (χ3n) is 4.25. The molecule has 0 radical (unpaired) electrons. The minimum absolute atomic E-state index is 0.115. The molecule has 0 amide bonds. The van der Waals surface area contributed by atoms with Crippen LogP contribution in [0.25, 0.3) is 0 Å². The molecular weight excluding hydrogens is 227 g/mol. The van der Waals surface area contributed by atoms with E-state index in [-0.39, 0.29) is 5.82 Å². The molecule has 3 heteroatoms. The third-order valence-corrected chi connectivity index (χ3v) is 4.25. The summed E-state index contributed by atoms with van der Waals surface area (Å²) in [5, 5.41) is 0. The highest BCUT2D eigenvalue weighted by Gasteiger charge is 2.25. The summed E-state index contributed by atoms with van der Waals surface area (Å²) in [5.74, 6) is -0.115. The second-order valence-electron chi connectivity index (χ2n) is 5.52. The predicted octanol–water partition coefficient (Wildman–Crippen LogP) is -0.0924. The fourth-order valence-corrected chi connectivity index (χ4v) is 2.82. The zero-order valence-corrected chi connectivity index (χ0v) is 11.5. The first-order chi connectivity index (χ1) is 8.69. The van der Waals surface area contributed by atoms with Crippen molar-refractivity contribution in [2.45, 2.75) is 32.9 Å². The zero-order chi connectivity index (χ0) is 13.0. The molecule has 1 aliphatic rings. The lowest BCUT2D eigenvalue weighted by Crippen LogP contribution is -3.29. The topological polar surface area (TPSA) is 8.88 Å². The van der Waals surface area contributed by atoms with Gasteiger partial charge >= 0.3 is 0 Å². The molecule has 1 aromatic carbocycles. The molecule has 0 spiro atoms. The van der Waals surface area contributed by atoms with E-state index in [1.54, 1.807) is 15.9 Å². The van der Waals surface area contributed by atoms with Gasteiger partial charge in [-0.15, -0.1) is 0 Å². The number of halogens is 1. The lowest BCUT2D eigenvalue weighted by Gasteiger charge is -2.33.